The summed E-state index contributed by atoms with van der Waals surface area (Å²) in [4.78, 5) is 14.3. The highest BCUT2D eigenvalue weighted by Gasteiger charge is 2.08. The number of carboxylic acid groups (broad SMARTS) is 1. The van der Waals surface area contributed by atoms with Crippen LogP contribution < -0.4 is 0 Å². The van der Waals surface area contributed by atoms with Gasteiger partial charge in [0.05, 0.1) is 5.69 Å². The van der Waals surface area contributed by atoms with Crippen molar-refractivity contribution in [2.45, 2.75) is 0 Å². The van der Waals surface area contributed by atoms with Crippen LogP contribution in [-0.2, 0) is 0 Å². The highest BCUT2D eigenvalue weighted by Crippen LogP contribution is 2.20. The summed E-state index contributed by atoms with van der Waals surface area (Å²) in [6.45, 7) is 0. The van der Waals surface area contributed by atoms with Crippen LogP contribution in [0.15, 0.2) is 36.8 Å². The first-order chi connectivity index (χ1) is 7.18. The molecule has 0 aliphatic carbocycles. The first kappa shape index (κ1) is 9.26. The van der Waals surface area contributed by atoms with Crippen molar-refractivity contribution in [2.24, 2.45) is 0 Å². The van der Waals surface area contributed by atoms with Crippen molar-refractivity contribution in [3.8, 4) is 11.4 Å². The number of benzene rings is 1. The normalized spacial score (nSPS) is 10.1. The molecular formula is C10H8N2O3. The largest absolute Gasteiger partial charge is 0.506 e. The topological polar surface area (TPSA) is 75.3 Å². The monoisotopic (exact) mass is 204 g/mol. The Balaban J connectivity index is 2.46. The summed E-state index contributed by atoms with van der Waals surface area (Å²) in [6.07, 6.45) is 2.69. The quantitative estimate of drug-likeness (QED) is 0.772. The van der Waals surface area contributed by atoms with Gasteiger partial charge in [-0.1, -0.05) is 12.1 Å². The Labute approximate surface area is 85.2 Å². The molecule has 1 aromatic carbocycles. The molecule has 0 saturated carbocycles. The number of carboxylic acids is 1. The lowest BCUT2D eigenvalue weighted by Gasteiger charge is -2.03. The molecule has 0 amide bonds. The first-order valence-electron chi connectivity index (χ1n) is 4.24. The van der Waals surface area contributed by atoms with Gasteiger partial charge in [-0.05, 0) is 12.1 Å². The third-order valence-electron chi connectivity index (χ3n) is 1.96. The lowest BCUT2D eigenvalue weighted by molar-refractivity contribution is 0.0691. The first-order valence-corrected chi connectivity index (χ1v) is 4.24. The van der Waals surface area contributed by atoms with Gasteiger partial charge in [0.1, 0.15) is 12.1 Å². The molecule has 2 aromatic rings. The Kier molecular flexibility index (Phi) is 2.13. The van der Waals surface area contributed by atoms with Crippen LogP contribution in [-0.4, -0.2) is 25.7 Å². The molecule has 0 aliphatic heterocycles. The van der Waals surface area contributed by atoms with Crippen molar-refractivity contribution in [3.63, 3.8) is 0 Å². The Bertz CT molecular complexity index is 505. The van der Waals surface area contributed by atoms with Crippen LogP contribution in [0.25, 0.3) is 5.69 Å². The van der Waals surface area contributed by atoms with E-state index < -0.39 is 5.97 Å². The van der Waals surface area contributed by atoms with Crippen molar-refractivity contribution in [1.82, 2.24) is 9.55 Å². The van der Waals surface area contributed by atoms with Gasteiger partial charge in [-0.3, -0.25) is 0 Å². The zero-order valence-electron chi connectivity index (χ0n) is 7.66. The van der Waals surface area contributed by atoms with E-state index in [2.05, 4.69) is 4.98 Å². The molecule has 2 rings (SSSR count). The molecule has 15 heavy (non-hydrogen) atoms. The van der Waals surface area contributed by atoms with Gasteiger partial charge in [-0.25, -0.2) is 9.78 Å². The van der Waals surface area contributed by atoms with Crippen LogP contribution in [0.2, 0.25) is 0 Å². The Morgan fingerprint density at radius 2 is 2.07 bits per heavy atom. The molecule has 0 spiro atoms. The second kappa shape index (κ2) is 3.45. The summed E-state index contributed by atoms with van der Waals surface area (Å²) in [5.41, 5.74) is 0.441. The fourth-order valence-electron chi connectivity index (χ4n) is 1.25. The SMILES string of the molecule is O=C(O)c1cn(-c2ccccc2O)cn1. The smallest absolute Gasteiger partial charge is 0.356 e. The number of aromatic nitrogens is 2. The molecule has 5 nitrogen and oxygen atoms in total. The van der Waals surface area contributed by atoms with Gasteiger partial charge < -0.3 is 14.8 Å². The van der Waals surface area contributed by atoms with Crippen LogP contribution in [0.5, 0.6) is 5.75 Å². The lowest BCUT2D eigenvalue weighted by atomic mass is 10.3. The van der Waals surface area contributed by atoms with E-state index in [1.807, 2.05) is 0 Å². The number of carbonyl (C=O) groups is 1. The summed E-state index contributed by atoms with van der Waals surface area (Å²) >= 11 is 0. The van der Waals surface area contributed by atoms with E-state index in [0.29, 0.717) is 5.69 Å². The minimum Gasteiger partial charge on any atom is -0.506 e. The molecule has 76 valence electrons. The molecule has 0 fully saturated rings. The fraction of sp³-hybridized carbons (Fsp3) is 0. The zero-order chi connectivity index (χ0) is 10.8. The summed E-state index contributed by atoms with van der Waals surface area (Å²) in [6, 6.07) is 6.63. The van der Waals surface area contributed by atoms with E-state index in [9.17, 15) is 9.90 Å². The lowest BCUT2D eigenvalue weighted by Crippen LogP contribution is -1.95. The van der Waals surface area contributed by atoms with Crippen LogP contribution in [0, 0.1) is 0 Å². The van der Waals surface area contributed by atoms with Crippen molar-refractivity contribution in [3.05, 3.63) is 42.5 Å². The van der Waals surface area contributed by atoms with E-state index >= 15 is 0 Å². The zero-order valence-corrected chi connectivity index (χ0v) is 7.66. The molecular weight excluding hydrogens is 196 g/mol. The van der Waals surface area contributed by atoms with Gasteiger partial charge in [-0.15, -0.1) is 0 Å². The van der Waals surface area contributed by atoms with E-state index in [4.69, 9.17) is 5.11 Å². The fourth-order valence-corrected chi connectivity index (χ4v) is 1.25. The molecule has 2 N–H and O–H groups in total. The highest BCUT2D eigenvalue weighted by atomic mass is 16.4. The predicted molar refractivity (Wildman–Crippen MR) is 52.2 cm³/mol. The standard InChI is InChI=1S/C10H8N2O3/c13-9-4-2-1-3-8(9)12-5-7(10(14)15)11-6-12/h1-6,13H,(H,14,15). The highest BCUT2D eigenvalue weighted by molar-refractivity contribution is 5.85. The Morgan fingerprint density at radius 1 is 1.33 bits per heavy atom. The molecule has 0 aliphatic rings. The van der Waals surface area contributed by atoms with Crippen LogP contribution >= 0.6 is 0 Å². The number of rotatable bonds is 2. The van der Waals surface area contributed by atoms with E-state index in [-0.39, 0.29) is 11.4 Å². The van der Waals surface area contributed by atoms with Crippen LogP contribution in [0.4, 0.5) is 0 Å². The molecule has 0 saturated heterocycles. The van der Waals surface area contributed by atoms with E-state index in [1.165, 1.54) is 23.2 Å². The summed E-state index contributed by atoms with van der Waals surface area (Å²) < 4.78 is 1.46. The van der Waals surface area contributed by atoms with Gasteiger partial charge >= 0.3 is 5.97 Å². The second-order valence-corrected chi connectivity index (χ2v) is 2.96. The van der Waals surface area contributed by atoms with E-state index in [1.54, 1.807) is 18.2 Å². The maximum atomic E-state index is 10.6. The average molecular weight is 204 g/mol. The maximum Gasteiger partial charge on any atom is 0.356 e. The third kappa shape index (κ3) is 1.67. The Hall–Kier alpha value is -2.30. The van der Waals surface area contributed by atoms with Gasteiger partial charge in [0, 0.05) is 6.20 Å². The van der Waals surface area contributed by atoms with Gasteiger partial charge in [0.25, 0.3) is 0 Å². The average Bonchev–Trinajstić information content (AvgIpc) is 2.67. The van der Waals surface area contributed by atoms with Crippen molar-refractivity contribution < 1.29 is 15.0 Å². The van der Waals surface area contributed by atoms with Gasteiger partial charge in [-0.2, -0.15) is 0 Å². The maximum absolute atomic E-state index is 10.6. The number of aromatic hydroxyl groups is 1. The van der Waals surface area contributed by atoms with Crippen LogP contribution in [0.3, 0.4) is 0 Å². The number of nitrogens with zero attached hydrogens (tertiary/aromatic N) is 2. The molecule has 0 bridgehead atoms. The van der Waals surface area contributed by atoms with Crippen molar-refractivity contribution in [2.75, 3.05) is 0 Å². The van der Waals surface area contributed by atoms with Crippen LogP contribution in [0.1, 0.15) is 10.5 Å². The molecule has 0 unspecified atom stereocenters. The number of aromatic carboxylic acids is 1. The predicted octanol–water partition coefficient (Wildman–Crippen LogP) is 1.28. The number of para-hydroxylation sites is 2. The summed E-state index contributed by atoms with van der Waals surface area (Å²) in [5.74, 6) is -1.02. The number of imidazole rings is 1. The molecule has 0 atom stereocenters. The minimum atomic E-state index is -1.09. The molecule has 1 heterocycles. The second-order valence-electron chi connectivity index (χ2n) is 2.96. The van der Waals surface area contributed by atoms with Crippen molar-refractivity contribution >= 4 is 5.97 Å². The third-order valence-corrected chi connectivity index (χ3v) is 1.96. The number of hydrogen-bond donors (Lipinski definition) is 2. The summed E-state index contributed by atoms with van der Waals surface area (Å²) in [7, 11) is 0. The van der Waals surface area contributed by atoms with Crippen molar-refractivity contribution in [1.29, 1.82) is 0 Å². The number of hydrogen-bond acceptors (Lipinski definition) is 3. The number of phenolic OH excluding ortho intramolecular Hbond substituents is 1. The molecule has 1 aromatic heterocycles. The Morgan fingerprint density at radius 3 is 2.67 bits per heavy atom. The minimum absolute atomic E-state index is 0.0572. The molecule has 0 radical (unpaired) electrons. The van der Waals surface area contributed by atoms with Gasteiger partial charge in [0.2, 0.25) is 0 Å². The van der Waals surface area contributed by atoms with E-state index in [0.717, 1.165) is 0 Å². The summed E-state index contributed by atoms with van der Waals surface area (Å²) in [5, 5.41) is 18.2. The molecule has 5 heteroatoms. The number of phenols is 1. The van der Waals surface area contributed by atoms with Gasteiger partial charge in [0.15, 0.2) is 5.69 Å².